The molecule has 1 rings (SSSR count). The molecule has 1 fully saturated rings. The minimum Gasteiger partial charge on any atom is -0.389 e. The van der Waals surface area contributed by atoms with Gasteiger partial charge in [0.25, 0.3) is 0 Å². The fourth-order valence-electron chi connectivity index (χ4n) is 2.21. The number of likely N-dealkylation sites (tertiary alicyclic amines) is 1. The van der Waals surface area contributed by atoms with E-state index in [1.165, 1.54) is 0 Å². The Morgan fingerprint density at radius 3 is 2.86 bits per heavy atom. The van der Waals surface area contributed by atoms with Crippen LogP contribution in [0.1, 0.15) is 39.5 Å². The van der Waals surface area contributed by atoms with Crippen LogP contribution in [0.5, 0.6) is 0 Å². The molecule has 2 atom stereocenters. The average molecular weight is 196 g/mol. The van der Waals surface area contributed by atoms with Crippen LogP contribution in [0.4, 0.5) is 0 Å². The Balaban J connectivity index is 2.54. The Hall–Kier alpha value is -0.590. The van der Waals surface area contributed by atoms with Gasteiger partial charge in [-0.05, 0) is 32.7 Å². The fourth-order valence-corrected chi connectivity index (χ4v) is 2.21. The van der Waals surface area contributed by atoms with Crippen LogP contribution in [0.2, 0.25) is 0 Å². The molecule has 0 aromatic heterocycles. The number of aliphatic hydroxyl groups is 1. The first kappa shape index (κ1) is 11.5. The standard InChI is InChI=1S/C11H20N2O/c1-3-10(5-7-12)13-8-4-6-11(2,14)9-13/h10,14H,3-6,8-9H2,1-2H3. The van der Waals surface area contributed by atoms with Crippen molar-refractivity contribution in [3.05, 3.63) is 0 Å². The van der Waals surface area contributed by atoms with Gasteiger partial charge in [-0.25, -0.2) is 0 Å². The first-order chi connectivity index (χ1) is 6.59. The molecule has 1 saturated heterocycles. The molecule has 1 N–H and O–H groups in total. The molecule has 2 unspecified atom stereocenters. The second-order valence-electron chi connectivity index (χ2n) is 4.50. The van der Waals surface area contributed by atoms with E-state index in [0.717, 1.165) is 25.8 Å². The third-order valence-electron chi connectivity index (χ3n) is 3.02. The number of piperidine rings is 1. The Morgan fingerprint density at radius 1 is 1.64 bits per heavy atom. The molecule has 0 bridgehead atoms. The van der Waals surface area contributed by atoms with Crippen molar-refractivity contribution in [3.63, 3.8) is 0 Å². The highest BCUT2D eigenvalue weighted by molar-refractivity contribution is 4.89. The van der Waals surface area contributed by atoms with Gasteiger partial charge in [-0.15, -0.1) is 0 Å². The summed E-state index contributed by atoms with van der Waals surface area (Å²) >= 11 is 0. The van der Waals surface area contributed by atoms with Crippen molar-refractivity contribution in [3.8, 4) is 6.07 Å². The molecule has 0 saturated carbocycles. The molecule has 1 heterocycles. The molecule has 1 aliphatic heterocycles. The Labute approximate surface area is 86.3 Å². The highest BCUT2D eigenvalue weighted by atomic mass is 16.3. The predicted molar refractivity (Wildman–Crippen MR) is 55.7 cm³/mol. The van der Waals surface area contributed by atoms with E-state index < -0.39 is 5.60 Å². The van der Waals surface area contributed by atoms with Crippen molar-refractivity contribution < 1.29 is 5.11 Å². The first-order valence-corrected chi connectivity index (χ1v) is 5.42. The summed E-state index contributed by atoms with van der Waals surface area (Å²) < 4.78 is 0. The molecule has 0 spiro atoms. The predicted octanol–water partition coefficient (Wildman–Crippen LogP) is 1.53. The number of hydrogen-bond donors (Lipinski definition) is 1. The van der Waals surface area contributed by atoms with E-state index in [2.05, 4.69) is 17.9 Å². The summed E-state index contributed by atoms with van der Waals surface area (Å²) in [5.74, 6) is 0. The number of rotatable bonds is 3. The van der Waals surface area contributed by atoms with Crippen LogP contribution >= 0.6 is 0 Å². The van der Waals surface area contributed by atoms with Gasteiger partial charge in [-0.2, -0.15) is 5.26 Å². The number of hydrogen-bond acceptors (Lipinski definition) is 3. The van der Waals surface area contributed by atoms with Crippen molar-refractivity contribution in [1.29, 1.82) is 5.26 Å². The molecule has 14 heavy (non-hydrogen) atoms. The SMILES string of the molecule is CCC(CC#N)N1CCCC(C)(O)C1. The van der Waals surface area contributed by atoms with Gasteiger partial charge in [0, 0.05) is 12.6 Å². The summed E-state index contributed by atoms with van der Waals surface area (Å²) in [6.07, 6.45) is 3.48. The average Bonchev–Trinajstić information content (AvgIpc) is 2.12. The molecule has 0 radical (unpaired) electrons. The molecule has 1 aliphatic rings. The lowest BCUT2D eigenvalue weighted by molar-refractivity contribution is -0.0298. The summed E-state index contributed by atoms with van der Waals surface area (Å²) in [7, 11) is 0. The maximum Gasteiger partial charge on any atom is 0.0746 e. The lowest BCUT2D eigenvalue weighted by Gasteiger charge is -2.40. The van der Waals surface area contributed by atoms with E-state index in [0.29, 0.717) is 19.0 Å². The van der Waals surface area contributed by atoms with Gasteiger partial charge in [-0.3, -0.25) is 4.90 Å². The van der Waals surface area contributed by atoms with Crippen molar-refractivity contribution in [2.24, 2.45) is 0 Å². The van der Waals surface area contributed by atoms with Crippen LogP contribution in [-0.2, 0) is 0 Å². The van der Waals surface area contributed by atoms with E-state index in [1.54, 1.807) is 0 Å². The second-order valence-corrected chi connectivity index (χ2v) is 4.50. The van der Waals surface area contributed by atoms with Crippen LogP contribution in [0, 0.1) is 11.3 Å². The summed E-state index contributed by atoms with van der Waals surface area (Å²) in [6.45, 7) is 5.73. The molecule has 3 nitrogen and oxygen atoms in total. The lowest BCUT2D eigenvalue weighted by Crippen LogP contribution is -2.50. The summed E-state index contributed by atoms with van der Waals surface area (Å²) in [5.41, 5.74) is -0.554. The Bertz CT molecular complexity index is 220. The Morgan fingerprint density at radius 2 is 2.36 bits per heavy atom. The molecule has 0 aromatic carbocycles. The van der Waals surface area contributed by atoms with E-state index in [1.807, 2.05) is 6.92 Å². The van der Waals surface area contributed by atoms with E-state index in [-0.39, 0.29) is 0 Å². The first-order valence-electron chi connectivity index (χ1n) is 5.42. The minimum atomic E-state index is -0.554. The molecular formula is C11H20N2O. The third kappa shape index (κ3) is 2.97. The fraction of sp³-hybridized carbons (Fsp3) is 0.909. The van der Waals surface area contributed by atoms with Gasteiger partial charge < -0.3 is 5.11 Å². The Kier molecular flexibility index (Phi) is 3.91. The van der Waals surface area contributed by atoms with Gasteiger partial charge in [0.05, 0.1) is 18.1 Å². The summed E-state index contributed by atoms with van der Waals surface area (Å²) in [5, 5.41) is 18.6. The highest BCUT2D eigenvalue weighted by Gasteiger charge is 2.31. The molecule has 80 valence electrons. The zero-order chi connectivity index (χ0) is 10.6. The molecule has 0 aliphatic carbocycles. The molecule has 0 aromatic rings. The quantitative estimate of drug-likeness (QED) is 0.744. The number of β-amino-alcohol motifs (C(OH)–C–C–N with tert-alkyl or cyclic N) is 1. The minimum absolute atomic E-state index is 0.326. The van der Waals surface area contributed by atoms with Crippen molar-refractivity contribution >= 4 is 0 Å². The zero-order valence-corrected chi connectivity index (χ0v) is 9.16. The largest absolute Gasteiger partial charge is 0.389 e. The normalized spacial score (nSPS) is 31.0. The van der Waals surface area contributed by atoms with Gasteiger partial charge in [-0.1, -0.05) is 6.92 Å². The lowest BCUT2D eigenvalue weighted by atomic mass is 9.93. The van der Waals surface area contributed by atoms with Crippen LogP contribution in [0.15, 0.2) is 0 Å². The molecular weight excluding hydrogens is 176 g/mol. The van der Waals surface area contributed by atoms with Crippen molar-refractivity contribution in [2.75, 3.05) is 13.1 Å². The highest BCUT2D eigenvalue weighted by Crippen LogP contribution is 2.23. The second kappa shape index (κ2) is 4.77. The summed E-state index contributed by atoms with van der Waals surface area (Å²) in [4.78, 5) is 2.26. The van der Waals surface area contributed by atoms with E-state index >= 15 is 0 Å². The third-order valence-corrected chi connectivity index (χ3v) is 3.02. The van der Waals surface area contributed by atoms with Gasteiger partial charge >= 0.3 is 0 Å². The topological polar surface area (TPSA) is 47.3 Å². The maximum atomic E-state index is 9.93. The van der Waals surface area contributed by atoms with Crippen molar-refractivity contribution in [2.45, 2.75) is 51.2 Å². The number of nitriles is 1. The van der Waals surface area contributed by atoms with Gasteiger partial charge in [0.15, 0.2) is 0 Å². The van der Waals surface area contributed by atoms with E-state index in [9.17, 15) is 5.11 Å². The van der Waals surface area contributed by atoms with Crippen LogP contribution in [0.3, 0.4) is 0 Å². The van der Waals surface area contributed by atoms with Crippen molar-refractivity contribution in [1.82, 2.24) is 4.90 Å². The smallest absolute Gasteiger partial charge is 0.0746 e. The summed E-state index contributed by atoms with van der Waals surface area (Å²) in [6, 6.07) is 2.55. The molecule has 3 heteroatoms. The van der Waals surface area contributed by atoms with Crippen LogP contribution < -0.4 is 0 Å². The van der Waals surface area contributed by atoms with Gasteiger partial charge in [0.2, 0.25) is 0 Å². The van der Waals surface area contributed by atoms with Crippen LogP contribution in [-0.4, -0.2) is 34.7 Å². The monoisotopic (exact) mass is 196 g/mol. The number of nitrogens with zero attached hydrogens (tertiary/aromatic N) is 2. The van der Waals surface area contributed by atoms with Crippen LogP contribution in [0.25, 0.3) is 0 Å². The zero-order valence-electron chi connectivity index (χ0n) is 9.16. The van der Waals surface area contributed by atoms with E-state index in [4.69, 9.17) is 5.26 Å². The maximum absolute atomic E-state index is 9.93. The molecule has 0 amide bonds. The van der Waals surface area contributed by atoms with Gasteiger partial charge in [0.1, 0.15) is 0 Å².